The first-order chi connectivity index (χ1) is 50.5. The molecule has 0 unspecified atom stereocenters. The van der Waals surface area contributed by atoms with Crippen molar-refractivity contribution in [3.05, 3.63) is 262 Å². The van der Waals surface area contributed by atoms with Crippen LogP contribution in [0.15, 0.2) is 174 Å². The molecule has 8 aromatic carbocycles. The molecule has 0 amide bonds. The van der Waals surface area contributed by atoms with Gasteiger partial charge in [-0.25, -0.2) is 19.6 Å². The fourth-order valence-corrected chi connectivity index (χ4v) is 11.7. The predicted molar refractivity (Wildman–Crippen MR) is 408 cm³/mol. The van der Waals surface area contributed by atoms with Crippen LogP contribution in [0.25, 0.3) is 21.5 Å². The number of halogens is 12. The largest absolute Gasteiger partial charge is 1.00 e. The summed E-state index contributed by atoms with van der Waals surface area (Å²) in [4.78, 5) is 90.9. The number of H-pyrrole nitrogens is 2. The van der Waals surface area contributed by atoms with Crippen LogP contribution < -0.4 is 186 Å². The van der Waals surface area contributed by atoms with Crippen LogP contribution in [-0.2, 0) is 16.1 Å². The number of nitrogen functional groups attached to an aromatic ring is 3. The maximum Gasteiger partial charge on any atom is 1.00 e. The van der Waals surface area contributed by atoms with Crippen LogP contribution in [-0.4, -0.2) is 99.7 Å². The van der Waals surface area contributed by atoms with Crippen molar-refractivity contribution in [3.8, 4) is 28.9 Å². The molecule has 0 aliphatic carbocycles. The van der Waals surface area contributed by atoms with Crippen molar-refractivity contribution >= 4 is 219 Å². The Hall–Kier alpha value is -6.05. The molecule has 0 fully saturated rings. The van der Waals surface area contributed by atoms with Gasteiger partial charge in [-0.05, 0) is 83.9 Å². The van der Waals surface area contributed by atoms with Gasteiger partial charge in [0.25, 0.3) is 11.7 Å². The van der Waals surface area contributed by atoms with Crippen molar-refractivity contribution in [2.75, 3.05) is 30.3 Å². The molecule has 6 heterocycles. The molecule has 12 aromatic rings. The summed E-state index contributed by atoms with van der Waals surface area (Å²) in [6.07, 6.45) is -0.111. The fraction of sp³-hybridized carbons (Fsp3) is 0.0597. The number of nitrogens with one attached hydrogen (secondary N) is 2. The second-order valence-electron chi connectivity index (χ2n) is 20.5. The summed E-state index contributed by atoms with van der Waals surface area (Å²) in [5.74, 6) is -1.32. The van der Waals surface area contributed by atoms with Crippen LogP contribution >= 0.6 is 139 Å². The number of aromatic hydroxyl groups is 1. The zero-order valence-electron chi connectivity index (χ0n) is 55.6. The number of ketones is 3. The normalized spacial score (nSPS) is 11.2. The molecule has 0 saturated carbocycles. The number of aliphatic imine (C=N–C) groups is 2. The average Bonchev–Trinajstić information content (AvgIpc) is 0.828. The summed E-state index contributed by atoms with van der Waals surface area (Å²) in [5.41, 5.74) is 20.7. The molecule has 0 radical (unpaired) electrons. The molecular formula is C67H45Cl12Cs2N13O15. The molecule has 4 aromatic heterocycles. The second-order valence-corrected chi connectivity index (χ2v) is 25.1. The van der Waals surface area contributed by atoms with Crippen LogP contribution in [0.3, 0.4) is 0 Å². The van der Waals surface area contributed by atoms with Gasteiger partial charge >= 0.3 is 149 Å². The molecule has 0 spiro atoms. The summed E-state index contributed by atoms with van der Waals surface area (Å²) in [6.45, 7) is -0.180. The maximum atomic E-state index is 12.2. The van der Waals surface area contributed by atoms with Gasteiger partial charge in [0, 0.05) is 67.3 Å². The van der Waals surface area contributed by atoms with E-state index in [1.165, 1.54) is 24.3 Å². The Bertz CT molecular complexity index is 5400. The van der Waals surface area contributed by atoms with Gasteiger partial charge in [-0.1, -0.05) is 224 Å². The SMILES string of the molecule is C.Clc1nnc(Cl)c2ccccc12.Nc1cc(Cl)c(O)c(Cl)c1.Nc1cc(Cl)c(OC2=NCC(=O)c3ccccc32)c(Cl)c1.Nc1cc(Cl)c(Oc2nnc(Cl)c3ccccc23)c(Cl)c1.O=C(Cc1cc(Cl)c(OC2=NCC(=O)c3ccccc32)c(Cl)c1)c1noc(=O)[nH]1.O=C(Cl)c1noc(=O)[nH]1.O=CO[O-].[Cs+].[Cs+].[H-]. The predicted octanol–water partition coefficient (Wildman–Crippen LogP) is 9.83. The summed E-state index contributed by atoms with van der Waals surface area (Å²) in [6, 6.07) is 41.0. The maximum absolute atomic E-state index is 12.2. The third-order valence-corrected chi connectivity index (χ3v) is 16.6. The molecule has 0 bridgehead atoms. The standard InChI is InChI=1S/C19H11Cl2N3O5.C15H10Cl2N2O2.C14H8Cl3N3O.C8H4Cl2N2.C6H5Cl2NO.C3HClN2O3.CH2O3.CH4.2Cs.H/c20-12-5-9(7-14(25)17-23-19(27)29-24-17)6-13(21)16(12)28-18-11-4-2-1-3-10(11)15(26)8-22-18;16-11-5-8(18)6-12(17)14(11)21-15-10-4-2-1-3-9(10)13(20)7-19-15;15-10-5-7(18)6-11(16)12(10)21-14-9-4-2-1-3-8(9)13(17)19-20-14;9-7-5-3-1-2-4-6(5)8(10)12-11-7;7-4-1-3(9)2-5(8)6(4)10;4-1(7)2-5-3(8)9-6-2;2-1-4-3;;;;/h1-6H,7-8H2,(H,23,24,27);1-6H,7,18H2;1-6H,18H2;1-4H;1-2,10H,9H2;(H,5,6,8);1,3H;1H4;;;/q;;;;;;;;2*+1;-1/p-1. The van der Waals surface area contributed by atoms with Crippen molar-refractivity contribution in [1.82, 2.24) is 40.7 Å². The molecule has 2 aliphatic rings. The Morgan fingerprint density at radius 2 is 0.817 bits per heavy atom. The number of Topliss-reactive ketones (excluding diaryl/α,β-unsaturated/α-hetero) is 3. The first-order valence-electron chi connectivity index (χ1n) is 28.9. The number of anilines is 3. The number of benzene rings is 8. The van der Waals surface area contributed by atoms with Crippen LogP contribution in [0.5, 0.6) is 28.9 Å². The van der Waals surface area contributed by atoms with E-state index >= 15 is 0 Å². The summed E-state index contributed by atoms with van der Waals surface area (Å²) < 4.78 is 25.5. The van der Waals surface area contributed by atoms with E-state index in [0.29, 0.717) is 81.7 Å². The number of hydrogen-bond donors (Lipinski definition) is 6. The van der Waals surface area contributed by atoms with E-state index in [1.54, 1.807) is 66.7 Å². The van der Waals surface area contributed by atoms with E-state index < -0.39 is 22.5 Å². The van der Waals surface area contributed by atoms with Crippen molar-refractivity contribution < 1.29 is 202 Å². The average molecular weight is 1960 g/mol. The molecule has 28 nitrogen and oxygen atoms in total. The summed E-state index contributed by atoms with van der Waals surface area (Å²) in [5, 5.41) is 44.1. The van der Waals surface area contributed by atoms with Crippen LogP contribution in [0.4, 0.5) is 17.1 Å². The van der Waals surface area contributed by atoms with E-state index in [1.807, 2.05) is 59.6 Å². The monoisotopic (exact) mass is 1960 g/mol. The fourth-order valence-electron chi connectivity index (χ4n) is 8.76. The molecule has 42 heteroatoms. The first kappa shape index (κ1) is 93.6. The second kappa shape index (κ2) is 45.0. The Kier molecular flexibility index (Phi) is 38.6. The summed E-state index contributed by atoms with van der Waals surface area (Å²) >= 11 is 70.5. The number of carbonyl (C=O) groups excluding carboxylic acids is 5. The zero-order valence-corrected chi connectivity index (χ0v) is 76.2. The minimum Gasteiger partial charge on any atom is -1.00 e. The Morgan fingerprint density at radius 1 is 0.495 bits per heavy atom. The van der Waals surface area contributed by atoms with Gasteiger partial charge in [0.15, 0.2) is 50.0 Å². The Morgan fingerprint density at radius 3 is 1.17 bits per heavy atom. The number of carbonyl (C=O) groups is 5. The number of phenols is 1. The minimum atomic E-state index is -0.846. The van der Waals surface area contributed by atoms with Gasteiger partial charge in [0.05, 0.1) is 40.2 Å². The number of ether oxygens (including phenoxy) is 3. The molecule has 0 saturated heterocycles. The van der Waals surface area contributed by atoms with E-state index in [-0.39, 0.29) is 261 Å². The number of fused-ring (bicyclic) bond motifs is 4. The van der Waals surface area contributed by atoms with Gasteiger partial charge in [0.2, 0.25) is 35.1 Å². The van der Waals surface area contributed by atoms with Crippen LogP contribution in [0.2, 0.25) is 55.6 Å². The molecule has 554 valence electrons. The van der Waals surface area contributed by atoms with E-state index in [9.17, 15) is 28.8 Å². The minimum absolute atomic E-state index is 0. The third-order valence-electron chi connectivity index (χ3n) is 13.3. The number of nitrogens with zero attached hydrogens (tertiary/aromatic N) is 8. The summed E-state index contributed by atoms with van der Waals surface area (Å²) in [7, 11) is 0. The first-order valence-corrected chi connectivity index (χ1v) is 33.4. The van der Waals surface area contributed by atoms with Gasteiger partial charge in [-0.2, -0.15) is 0 Å². The van der Waals surface area contributed by atoms with E-state index in [0.717, 1.165) is 16.2 Å². The van der Waals surface area contributed by atoms with Crippen molar-refractivity contribution in [1.29, 1.82) is 0 Å². The zero-order chi connectivity index (χ0) is 77.1. The number of aromatic nitrogens is 8. The van der Waals surface area contributed by atoms with Gasteiger partial charge in [-0.15, -0.1) is 20.4 Å². The quantitative estimate of drug-likeness (QED) is 0.0149. The van der Waals surface area contributed by atoms with Crippen LogP contribution in [0, 0.1) is 0 Å². The van der Waals surface area contributed by atoms with Gasteiger partial charge in [0.1, 0.15) is 13.1 Å². The topological polar surface area (TPSA) is 438 Å². The molecule has 0 atom stereocenters. The smallest absolute Gasteiger partial charge is 1.00 e. The third kappa shape index (κ3) is 26.3. The van der Waals surface area contributed by atoms with Gasteiger partial charge in [-0.3, -0.25) is 43.0 Å². The molecule has 14 rings (SSSR count). The number of nitrogens with two attached hydrogens (primary N) is 3. The Balaban J connectivity index is 0.000000285. The number of aromatic amines is 2. The van der Waals surface area contributed by atoms with E-state index in [4.69, 9.17) is 186 Å². The molecule has 9 N–H and O–H groups in total. The molecular weight excluding hydrogens is 1920 g/mol. The number of rotatable bonds is 9. The van der Waals surface area contributed by atoms with Crippen molar-refractivity contribution in [3.63, 3.8) is 0 Å². The number of hydrogen-bond acceptors (Lipinski definition) is 26. The molecule has 2 aliphatic heterocycles. The number of phenolic OH excluding ortho intramolecular Hbond substituents is 1. The molecule has 109 heavy (non-hydrogen) atoms. The van der Waals surface area contributed by atoms with Crippen molar-refractivity contribution in [2.45, 2.75) is 13.8 Å². The van der Waals surface area contributed by atoms with Crippen LogP contribution in [0.1, 0.15) is 67.5 Å². The van der Waals surface area contributed by atoms with Crippen molar-refractivity contribution in [2.24, 2.45) is 9.98 Å². The van der Waals surface area contributed by atoms with Gasteiger partial charge < -0.3 is 48.1 Å². The Labute approximate surface area is 793 Å². The van der Waals surface area contributed by atoms with E-state index in [2.05, 4.69) is 59.6 Å².